The molecule has 1 saturated heterocycles. The lowest BCUT2D eigenvalue weighted by Gasteiger charge is -2.27. The number of nitrogens with zero attached hydrogens (tertiary/aromatic N) is 1. The fraction of sp³-hybridized carbons (Fsp3) is 0.800. The maximum atomic E-state index is 12.3. The Morgan fingerprint density at radius 1 is 1.47 bits per heavy atom. The fourth-order valence-corrected chi connectivity index (χ4v) is 2.61. The van der Waals surface area contributed by atoms with Crippen LogP contribution in [0.5, 0.6) is 0 Å². The van der Waals surface area contributed by atoms with Gasteiger partial charge in [0.05, 0.1) is 0 Å². The number of esters is 1. The summed E-state index contributed by atoms with van der Waals surface area (Å²) in [5.74, 6) is 0.251. The third kappa shape index (κ3) is 5.53. The van der Waals surface area contributed by atoms with Crippen LogP contribution in [0, 0.1) is 5.92 Å². The van der Waals surface area contributed by atoms with E-state index in [0.717, 1.165) is 32.4 Å². The average Bonchev–Trinajstić information content (AvgIpc) is 2.68. The van der Waals surface area contributed by atoms with Crippen molar-refractivity contribution < 1.29 is 9.53 Å². The standard InChI is InChI=1S/C15H26ClNO2/c1-5-6-9-17-11-12(7-8-16)10-13(17)14(18)19-15(2,3)4/h7-8,12-13H,5-6,9-11H2,1-4H3/b8-7+. The van der Waals surface area contributed by atoms with Crippen LogP contribution in [0.15, 0.2) is 11.6 Å². The summed E-state index contributed by atoms with van der Waals surface area (Å²) in [5.41, 5.74) is 1.13. The van der Waals surface area contributed by atoms with E-state index >= 15 is 0 Å². The molecule has 2 atom stereocenters. The molecule has 0 bridgehead atoms. The largest absolute Gasteiger partial charge is 0.459 e. The number of likely N-dealkylation sites (tertiary alicyclic amines) is 1. The van der Waals surface area contributed by atoms with Crippen LogP contribution in [0.4, 0.5) is 0 Å². The molecule has 3 nitrogen and oxygen atoms in total. The van der Waals surface area contributed by atoms with Gasteiger partial charge in [-0.2, -0.15) is 0 Å². The van der Waals surface area contributed by atoms with Gasteiger partial charge in [-0.1, -0.05) is 31.0 Å². The predicted octanol–water partition coefficient (Wildman–Crippen LogP) is 3.57. The Balaban J connectivity index is 2.67. The summed E-state index contributed by atoms with van der Waals surface area (Å²) in [6.45, 7) is 9.74. The van der Waals surface area contributed by atoms with Gasteiger partial charge in [-0.05, 0) is 46.1 Å². The second-order valence-electron chi connectivity index (χ2n) is 6.21. The third-order valence-electron chi connectivity index (χ3n) is 3.26. The lowest BCUT2D eigenvalue weighted by molar-refractivity contribution is -0.160. The molecule has 1 heterocycles. The number of ether oxygens (including phenoxy) is 1. The van der Waals surface area contributed by atoms with E-state index in [1.807, 2.05) is 26.8 Å². The van der Waals surface area contributed by atoms with E-state index in [0.29, 0.717) is 5.92 Å². The number of carbonyl (C=O) groups excluding carboxylic acids is 1. The van der Waals surface area contributed by atoms with Crippen molar-refractivity contribution in [1.82, 2.24) is 4.90 Å². The van der Waals surface area contributed by atoms with Crippen molar-refractivity contribution in [2.45, 2.75) is 58.6 Å². The molecule has 0 saturated carbocycles. The first-order valence-corrected chi connectivity index (χ1v) is 7.54. The van der Waals surface area contributed by atoms with Crippen molar-refractivity contribution in [2.75, 3.05) is 13.1 Å². The van der Waals surface area contributed by atoms with Crippen LogP contribution in [0.3, 0.4) is 0 Å². The molecule has 0 aromatic rings. The van der Waals surface area contributed by atoms with Gasteiger partial charge in [0.1, 0.15) is 11.6 Å². The molecule has 0 spiro atoms. The Hall–Kier alpha value is -0.540. The molecule has 4 heteroatoms. The van der Waals surface area contributed by atoms with Crippen LogP contribution in [-0.2, 0) is 9.53 Å². The van der Waals surface area contributed by atoms with Crippen LogP contribution >= 0.6 is 11.6 Å². The van der Waals surface area contributed by atoms with Crippen molar-refractivity contribution in [3.8, 4) is 0 Å². The molecule has 0 aromatic heterocycles. The molecule has 1 fully saturated rings. The highest BCUT2D eigenvalue weighted by atomic mass is 35.5. The Morgan fingerprint density at radius 2 is 2.16 bits per heavy atom. The number of rotatable bonds is 5. The summed E-state index contributed by atoms with van der Waals surface area (Å²) in [4.78, 5) is 14.5. The number of carbonyl (C=O) groups is 1. The molecule has 0 N–H and O–H groups in total. The molecule has 1 aliphatic rings. The third-order valence-corrected chi connectivity index (χ3v) is 3.40. The maximum absolute atomic E-state index is 12.3. The number of unbranched alkanes of at least 4 members (excludes halogenated alkanes) is 1. The van der Waals surface area contributed by atoms with Gasteiger partial charge in [0.15, 0.2) is 0 Å². The van der Waals surface area contributed by atoms with Crippen LogP contribution in [0.1, 0.15) is 47.0 Å². The smallest absolute Gasteiger partial charge is 0.323 e. The Labute approximate surface area is 121 Å². The van der Waals surface area contributed by atoms with Gasteiger partial charge in [-0.25, -0.2) is 0 Å². The summed E-state index contributed by atoms with van der Waals surface area (Å²) in [6.07, 6.45) is 5.02. The molecule has 2 unspecified atom stereocenters. The Bertz CT molecular complexity index is 323. The van der Waals surface area contributed by atoms with E-state index < -0.39 is 5.60 Å². The second kappa shape index (κ2) is 7.30. The molecular formula is C15H26ClNO2. The normalized spacial score (nSPS) is 25.1. The monoisotopic (exact) mass is 287 g/mol. The van der Waals surface area contributed by atoms with Crippen molar-refractivity contribution in [2.24, 2.45) is 5.92 Å². The van der Waals surface area contributed by atoms with E-state index in [-0.39, 0.29) is 12.0 Å². The zero-order valence-corrected chi connectivity index (χ0v) is 13.2. The first-order valence-electron chi connectivity index (χ1n) is 7.11. The van der Waals surface area contributed by atoms with Gasteiger partial charge in [0, 0.05) is 12.1 Å². The molecule has 19 heavy (non-hydrogen) atoms. The molecule has 1 rings (SSSR count). The fourth-order valence-electron chi connectivity index (χ4n) is 2.40. The quantitative estimate of drug-likeness (QED) is 0.724. The van der Waals surface area contributed by atoms with Gasteiger partial charge in [-0.3, -0.25) is 9.69 Å². The van der Waals surface area contributed by atoms with Gasteiger partial charge in [-0.15, -0.1) is 0 Å². The maximum Gasteiger partial charge on any atom is 0.323 e. The summed E-state index contributed by atoms with van der Waals surface area (Å²) >= 11 is 5.65. The van der Waals surface area contributed by atoms with Gasteiger partial charge in [0.25, 0.3) is 0 Å². The van der Waals surface area contributed by atoms with E-state index in [1.165, 1.54) is 0 Å². The molecule has 0 amide bonds. The number of halogens is 1. The summed E-state index contributed by atoms with van der Waals surface area (Å²) < 4.78 is 5.52. The highest BCUT2D eigenvalue weighted by molar-refractivity contribution is 6.25. The lowest BCUT2D eigenvalue weighted by Crippen LogP contribution is -2.40. The van der Waals surface area contributed by atoms with Gasteiger partial charge < -0.3 is 4.74 Å². The van der Waals surface area contributed by atoms with E-state index in [1.54, 1.807) is 5.54 Å². The van der Waals surface area contributed by atoms with Gasteiger partial charge in [0.2, 0.25) is 0 Å². The zero-order chi connectivity index (χ0) is 14.5. The SMILES string of the molecule is CCCCN1CC(/C=C/Cl)CC1C(=O)OC(C)(C)C. The molecule has 0 aliphatic carbocycles. The van der Waals surface area contributed by atoms with Crippen molar-refractivity contribution in [3.05, 3.63) is 11.6 Å². The minimum Gasteiger partial charge on any atom is -0.459 e. The van der Waals surface area contributed by atoms with Crippen LogP contribution < -0.4 is 0 Å². The first-order chi connectivity index (χ1) is 8.87. The van der Waals surface area contributed by atoms with E-state index in [9.17, 15) is 4.79 Å². The second-order valence-corrected chi connectivity index (χ2v) is 6.46. The van der Waals surface area contributed by atoms with Crippen LogP contribution in [0.2, 0.25) is 0 Å². The molecule has 110 valence electrons. The molecular weight excluding hydrogens is 262 g/mol. The highest BCUT2D eigenvalue weighted by Gasteiger charge is 2.37. The Kier molecular flexibility index (Phi) is 6.34. The van der Waals surface area contributed by atoms with E-state index in [4.69, 9.17) is 16.3 Å². The zero-order valence-electron chi connectivity index (χ0n) is 12.5. The topological polar surface area (TPSA) is 29.5 Å². The van der Waals surface area contributed by atoms with Crippen molar-refractivity contribution in [3.63, 3.8) is 0 Å². The Morgan fingerprint density at radius 3 is 2.68 bits per heavy atom. The average molecular weight is 288 g/mol. The minimum absolute atomic E-state index is 0.103. The van der Waals surface area contributed by atoms with Gasteiger partial charge >= 0.3 is 5.97 Å². The molecule has 1 aliphatic heterocycles. The summed E-state index contributed by atoms with van der Waals surface area (Å²) in [6, 6.07) is -0.122. The predicted molar refractivity (Wildman–Crippen MR) is 79.2 cm³/mol. The lowest BCUT2D eigenvalue weighted by atomic mass is 10.1. The number of hydrogen-bond acceptors (Lipinski definition) is 3. The molecule has 0 radical (unpaired) electrons. The first kappa shape index (κ1) is 16.5. The van der Waals surface area contributed by atoms with Crippen LogP contribution in [0.25, 0.3) is 0 Å². The minimum atomic E-state index is -0.423. The molecule has 0 aromatic carbocycles. The van der Waals surface area contributed by atoms with E-state index in [2.05, 4.69) is 11.8 Å². The van der Waals surface area contributed by atoms with Crippen LogP contribution in [-0.4, -0.2) is 35.6 Å². The van der Waals surface area contributed by atoms with Crippen molar-refractivity contribution >= 4 is 17.6 Å². The van der Waals surface area contributed by atoms with Crippen molar-refractivity contribution in [1.29, 1.82) is 0 Å². The summed E-state index contributed by atoms with van der Waals surface area (Å²) in [5, 5.41) is 0. The highest BCUT2D eigenvalue weighted by Crippen LogP contribution is 2.27. The summed E-state index contributed by atoms with van der Waals surface area (Å²) in [7, 11) is 0. The number of hydrogen-bond donors (Lipinski definition) is 0.